The fourth-order valence-electron chi connectivity index (χ4n) is 2.62. The maximum atomic E-state index is 9.28. The summed E-state index contributed by atoms with van der Waals surface area (Å²) >= 11 is 0. The second kappa shape index (κ2) is 4.02. The molecule has 4 heteroatoms. The summed E-state index contributed by atoms with van der Waals surface area (Å²) in [6.45, 7) is 0.809. The van der Waals surface area contributed by atoms with Gasteiger partial charge in [-0.05, 0) is 31.0 Å². The molecule has 18 heavy (non-hydrogen) atoms. The van der Waals surface area contributed by atoms with Crippen molar-refractivity contribution in [1.82, 2.24) is 9.97 Å². The predicted molar refractivity (Wildman–Crippen MR) is 71.3 cm³/mol. The van der Waals surface area contributed by atoms with Gasteiger partial charge in [-0.2, -0.15) is 5.26 Å². The van der Waals surface area contributed by atoms with Crippen molar-refractivity contribution >= 4 is 16.7 Å². The first-order valence-electron chi connectivity index (χ1n) is 6.28. The zero-order valence-corrected chi connectivity index (χ0v) is 10.5. The molecular formula is C14H16N4. The Bertz CT molecular complexity index is 604. The third-order valence-electron chi connectivity index (χ3n) is 3.93. The normalized spacial score (nSPS) is 17.1. The number of hydrogen-bond donors (Lipinski definition) is 1. The van der Waals surface area contributed by atoms with E-state index in [2.05, 4.69) is 40.1 Å². The molecule has 0 radical (unpaired) electrons. The Morgan fingerprint density at radius 1 is 1.50 bits per heavy atom. The van der Waals surface area contributed by atoms with Crippen molar-refractivity contribution in [1.29, 1.82) is 5.26 Å². The van der Waals surface area contributed by atoms with Gasteiger partial charge in [-0.15, -0.1) is 0 Å². The minimum absolute atomic E-state index is 0.127. The Hall–Kier alpha value is -2.02. The van der Waals surface area contributed by atoms with Gasteiger partial charge in [-0.1, -0.05) is 6.42 Å². The molecule has 0 bridgehead atoms. The first kappa shape index (κ1) is 11.1. The number of anilines is 1. The molecule has 1 aliphatic rings. The summed E-state index contributed by atoms with van der Waals surface area (Å²) in [5.74, 6) is 0. The summed E-state index contributed by atoms with van der Waals surface area (Å²) in [5.41, 5.74) is 3.02. The van der Waals surface area contributed by atoms with Crippen LogP contribution >= 0.6 is 0 Å². The zero-order valence-electron chi connectivity index (χ0n) is 10.5. The van der Waals surface area contributed by atoms with E-state index in [1.54, 1.807) is 6.33 Å². The van der Waals surface area contributed by atoms with E-state index < -0.39 is 0 Å². The number of H-pyrrole nitrogens is 1. The second-order valence-corrected chi connectivity index (χ2v) is 5.21. The van der Waals surface area contributed by atoms with Crippen molar-refractivity contribution in [2.75, 3.05) is 18.5 Å². The second-order valence-electron chi connectivity index (χ2n) is 5.21. The number of benzene rings is 1. The zero-order chi connectivity index (χ0) is 12.6. The smallest absolute Gasteiger partial charge is 0.0931 e. The monoisotopic (exact) mass is 240 g/mol. The van der Waals surface area contributed by atoms with Crippen LogP contribution in [0.4, 0.5) is 5.69 Å². The van der Waals surface area contributed by atoms with Gasteiger partial charge in [0.15, 0.2) is 0 Å². The van der Waals surface area contributed by atoms with Crippen LogP contribution < -0.4 is 4.90 Å². The number of fused-ring (bicyclic) bond motifs is 1. The molecule has 0 saturated heterocycles. The summed E-state index contributed by atoms with van der Waals surface area (Å²) in [6.07, 6.45) is 4.94. The highest BCUT2D eigenvalue weighted by atomic mass is 15.1. The summed E-state index contributed by atoms with van der Waals surface area (Å²) < 4.78 is 0. The fraction of sp³-hybridized carbons (Fsp3) is 0.429. The first-order valence-corrected chi connectivity index (χ1v) is 6.28. The minimum Gasteiger partial charge on any atom is -0.373 e. The molecular weight excluding hydrogens is 224 g/mol. The third-order valence-corrected chi connectivity index (χ3v) is 3.93. The number of aromatic nitrogens is 2. The molecule has 1 heterocycles. The van der Waals surface area contributed by atoms with Gasteiger partial charge < -0.3 is 9.88 Å². The molecule has 0 aliphatic heterocycles. The predicted octanol–water partition coefficient (Wildman–Crippen LogP) is 2.69. The van der Waals surface area contributed by atoms with Gasteiger partial charge in [-0.25, -0.2) is 4.98 Å². The molecule has 1 fully saturated rings. The average Bonchev–Trinajstić information content (AvgIpc) is 2.80. The standard InChI is InChI=1S/C14H16N4/c1-18(9-14(8-15)5-2-6-14)11-3-4-12-13(7-11)17-10-16-12/h3-4,7,10H,2,5-6,9H2,1H3,(H,16,17). The molecule has 0 spiro atoms. The first-order chi connectivity index (χ1) is 8.72. The number of imidazole rings is 1. The number of aromatic amines is 1. The van der Waals surface area contributed by atoms with Crippen LogP contribution in [0.2, 0.25) is 0 Å². The van der Waals surface area contributed by atoms with E-state index in [-0.39, 0.29) is 5.41 Å². The summed E-state index contributed by atoms with van der Waals surface area (Å²) in [6, 6.07) is 8.65. The summed E-state index contributed by atoms with van der Waals surface area (Å²) in [5, 5.41) is 9.28. The fourth-order valence-corrected chi connectivity index (χ4v) is 2.62. The van der Waals surface area contributed by atoms with Gasteiger partial charge in [-0.3, -0.25) is 0 Å². The average molecular weight is 240 g/mol. The van der Waals surface area contributed by atoms with Crippen molar-refractivity contribution in [2.24, 2.45) is 5.41 Å². The van der Waals surface area contributed by atoms with Crippen LogP contribution in [-0.4, -0.2) is 23.6 Å². The van der Waals surface area contributed by atoms with Gasteiger partial charge in [0.2, 0.25) is 0 Å². The molecule has 1 aromatic carbocycles. The lowest BCUT2D eigenvalue weighted by Crippen LogP contribution is -2.39. The van der Waals surface area contributed by atoms with Crippen molar-refractivity contribution < 1.29 is 0 Å². The number of nitrogens with zero attached hydrogens (tertiary/aromatic N) is 3. The Morgan fingerprint density at radius 2 is 2.33 bits per heavy atom. The van der Waals surface area contributed by atoms with Crippen LogP contribution in [0.3, 0.4) is 0 Å². The van der Waals surface area contributed by atoms with Crippen LogP contribution in [0.1, 0.15) is 19.3 Å². The Labute approximate surface area is 106 Å². The van der Waals surface area contributed by atoms with E-state index in [0.717, 1.165) is 36.1 Å². The summed E-state index contributed by atoms with van der Waals surface area (Å²) in [4.78, 5) is 9.50. The maximum absolute atomic E-state index is 9.28. The molecule has 1 aromatic heterocycles. The van der Waals surface area contributed by atoms with Gasteiger partial charge >= 0.3 is 0 Å². The van der Waals surface area contributed by atoms with E-state index in [4.69, 9.17) is 0 Å². The molecule has 0 atom stereocenters. The summed E-state index contributed by atoms with van der Waals surface area (Å²) in [7, 11) is 2.05. The van der Waals surface area contributed by atoms with Crippen LogP contribution in [0.25, 0.3) is 11.0 Å². The largest absolute Gasteiger partial charge is 0.373 e. The Kier molecular flexibility index (Phi) is 2.48. The lowest BCUT2D eigenvalue weighted by molar-refractivity contribution is 0.223. The van der Waals surface area contributed by atoms with Crippen molar-refractivity contribution in [3.63, 3.8) is 0 Å². The molecule has 92 valence electrons. The van der Waals surface area contributed by atoms with Crippen LogP contribution in [0, 0.1) is 16.7 Å². The maximum Gasteiger partial charge on any atom is 0.0931 e. The molecule has 3 rings (SSSR count). The van der Waals surface area contributed by atoms with Crippen LogP contribution in [0.5, 0.6) is 0 Å². The van der Waals surface area contributed by atoms with Crippen molar-refractivity contribution in [2.45, 2.75) is 19.3 Å². The number of rotatable bonds is 3. The van der Waals surface area contributed by atoms with E-state index in [1.165, 1.54) is 6.42 Å². The number of nitrogens with one attached hydrogen (secondary N) is 1. The van der Waals surface area contributed by atoms with Crippen molar-refractivity contribution in [3.8, 4) is 6.07 Å². The highest BCUT2D eigenvalue weighted by molar-refractivity contribution is 5.79. The van der Waals surface area contributed by atoms with Crippen LogP contribution in [0.15, 0.2) is 24.5 Å². The minimum atomic E-state index is -0.127. The lowest BCUT2D eigenvalue weighted by atomic mass is 9.69. The van der Waals surface area contributed by atoms with Crippen LogP contribution in [-0.2, 0) is 0 Å². The molecule has 2 aromatic rings. The molecule has 1 aliphatic carbocycles. The molecule has 0 unspecified atom stereocenters. The van der Waals surface area contributed by atoms with Gasteiger partial charge in [0, 0.05) is 19.3 Å². The van der Waals surface area contributed by atoms with E-state index in [1.807, 2.05) is 6.07 Å². The highest BCUT2D eigenvalue weighted by Crippen LogP contribution is 2.41. The van der Waals surface area contributed by atoms with Crippen molar-refractivity contribution in [3.05, 3.63) is 24.5 Å². The Morgan fingerprint density at radius 3 is 3.00 bits per heavy atom. The SMILES string of the molecule is CN(CC1(C#N)CCC1)c1ccc2nc[nH]c2c1. The number of hydrogen-bond acceptors (Lipinski definition) is 3. The van der Waals surface area contributed by atoms with E-state index >= 15 is 0 Å². The number of nitriles is 1. The molecule has 0 amide bonds. The quantitative estimate of drug-likeness (QED) is 0.897. The Balaban J connectivity index is 1.83. The third kappa shape index (κ3) is 1.72. The topological polar surface area (TPSA) is 55.7 Å². The van der Waals surface area contributed by atoms with Gasteiger partial charge in [0.25, 0.3) is 0 Å². The highest BCUT2D eigenvalue weighted by Gasteiger charge is 2.38. The molecule has 4 nitrogen and oxygen atoms in total. The molecule has 1 saturated carbocycles. The van der Waals surface area contributed by atoms with Gasteiger partial charge in [0.1, 0.15) is 0 Å². The van der Waals surface area contributed by atoms with E-state index in [0.29, 0.717) is 0 Å². The lowest BCUT2D eigenvalue weighted by Gasteiger charge is -2.39. The van der Waals surface area contributed by atoms with E-state index in [9.17, 15) is 5.26 Å². The van der Waals surface area contributed by atoms with Gasteiger partial charge in [0.05, 0.1) is 28.8 Å². The molecule has 1 N–H and O–H groups in total.